The number of methoxy groups -OCH3 is 1. The van der Waals surface area contributed by atoms with Gasteiger partial charge in [0.15, 0.2) is 0 Å². The van der Waals surface area contributed by atoms with Crippen LogP contribution in [0.1, 0.15) is 19.7 Å². The second-order valence-corrected chi connectivity index (χ2v) is 4.71. The summed E-state index contributed by atoms with van der Waals surface area (Å²) in [6, 6.07) is 7.12. The van der Waals surface area contributed by atoms with E-state index < -0.39 is 0 Å². The number of benzene rings is 1. The third-order valence-corrected chi connectivity index (χ3v) is 2.60. The van der Waals surface area contributed by atoms with Crippen LogP contribution in [-0.4, -0.2) is 29.4 Å². The standard InChI is InChI=1S/C14H18N4O3/c1-9(2)16-14(19)15-8-12-17-18-13(21-12)10-5-4-6-11(7-10)20-3/h4-7,9H,8H2,1-3H3,(H2,15,16,19). The van der Waals surface area contributed by atoms with E-state index in [-0.39, 0.29) is 18.6 Å². The van der Waals surface area contributed by atoms with Crippen molar-refractivity contribution in [2.45, 2.75) is 26.4 Å². The van der Waals surface area contributed by atoms with Crippen molar-refractivity contribution in [3.63, 3.8) is 0 Å². The van der Waals surface area contributed by atoms with Crippen LogP contribution in [0.25, 0.3) is 11.5 Å². The van der Waals surface area contributed by atoms with Crippen LogP contribution in [-0.2, 0) is 6.54 Å². The zero-order valence-corrected chi connectivity index (χ0v) is 12.2. The maximum absolute atomic E-state index is 11.5. The van der Waals surface area contributed by atoms with E-state index in [9.17, 15) is 4.79 Å². The van der Waals surface area contributed by atoms with Crippen LogP contribution in [0.2, 0.25) is 0 Å². The number of carbonyl (C=O) groups is 1. The molecule has 0 radical (unpaired) electrons. The molecule has 0 aliphatic rings. The normalized spacial score (nSPS) is 10.5. The average Bonchev–Trinajstić information content (AvgIpc) is 2.93. The Morgan fingerprint density at radius 3 is 2.90 bits per heavy atom. The zero-order chi connectivity index (χ0) is 15.2. The van der Waals surface area contributed by atoms with Gasteiger partial charge in [0.25, 0.3) is 0 Å². The topological polar surface area (TPSA) is 89.3 Å². The molecule has 0 atom stereocenters. The Labute approximate surface area is 122 Å². The summed E-state index contributed by atoms with van der Waals surface area (Å²) in [6.45, 7) is 3.94. The van der Waals surface area contributed by atoms with E-state index in [0.29, 0.717) is 17.5 Å². The molecule has 2 rings (SSSR count). The van der Waals surface area contributed by atoms with Gasteiger partial charge in [-0.2, -0.15) is 0 Å². The summed E-state index contributed by atoms with van der Waals surface area (Å²) in [7, 11) is 1.59. The monoisotopic (exact) mass is 290 g/mol. The summed E-state index contributed by atoms with van der Waals surface area (Å²) in [5.41, 5.74) is 0.764. The first-order valence-corrected chi connectivity index (χ1v) is 6.59. The fourth-order valence-corrected chi connectivity index (χ4v) is 1.67. The molecule has 0 aliphatic carbocycles. The van der Waals surface area contributed by atoms with Crippen molar-refractivity contribution in [1.82, 2.24) is 20.8 Å². The van der Waals surface area contributed by atoms with E-state index in [1.807, 2.05) is 32.0 Å². The van der Waals surface area contributed by atoms with Gasteiger partial charge in [-0.25, -0.2) is 4.79 Å². The molecule has 2 N–H and O–H groups in total. The number of aromatic nitrogens is 2. The summed E-state index contributed by atoms with van der Waals surface area (Å²) >= 11 is 0. The van der Waals surface area contributed by atoms with Crippen LogP contribution in [0.3, 0.4) is 0 Å². The first-order chi connectivity index (χ1) is 10.1. The molecule has 2 amide bonds. The van der Waals surface area contributed by atoms with Crippen molar-refractivity contribution < 1.29 is 13.9 Å². The van der Waals surface area contributed by atoms with Crippen molar-refractivity contribution in [2.75, 3.05) is 7.11 Å². The van der Waals surface area contributed by atoms with E-state index >= 15 is 0 Å². The van der Waals surface area contributed by atoms with Crippen molar-refractivity contribution in [3.8, 4) is 17.2 Å². The van der Waals surface area contributed by atoms with Crippen molar-refractivity contribution in [2.24, 2.45) is 0 Å². The Bertz CT molecular complexity index is 610. The van der Waals surface area contributed by atoms with Gasteiger partial charge in [0, 0.05) is 11.6 Å². The van der Waals surface area contributed by atoms with Gasteiger partial charge in [0.05, 0.1) is 13.7 Å². The molecule has 0 saturated heterocycles. The Balaban J connectivity index is 1.99. The number of amides is 2. The number of urea groups is 1. The molecule has 1 aromatic carbocycles. The summed E-state index contributed by atoms with van der Waals surface area (Å²) < 4.78 is 10.6. The van der Waals surface area contributed by atoms with Crippen LogP contribution < -0.4 is 15.4 Å². The molecule has 7 heteroatoms. The highest BCUT2D eigenvalue weighted by Crippen LogP contribution is 2.22. The van der Waals surface area contributed by atoms with Gasteiger partial charge in [-0.05, 0) is 32.0 Å². The molecule has 0 fully saturated rings. The van der Waals surface area contributed by atoms with Gasteiger partial charge in [-0.1, -0.05) is 6.07 Å². The van der Waals surface area contributed by atoms with E-state index in [4.69, 9.17) is 9.15 Å². The number of hydrogen-bond acceptors (Lipinski definition) is 5. The molecule has 21 heavy (non-hydrogen) atoms. The van der Waals surface area contributed by atoms with Gasteiger partial charge in [0.1, 0.15) is 5.75 Å². The van der Waals surface area contributed by atoms with Gasteiger partial charge >= 0.3 is 6.03 Å². The molecular formula is C14H18N4O3. The van der Waals surface area contributed by atoms with Gasteiger partial charge in [-0.3, -0.25) is 0 Å². The summed E-state index contributed by atoms with van der Waals surface area (Å²) in [6.07, 6.45) is 0. The Kier molecular flexibility index (Phi) is 4.76. The van der Waals surface area contributed by atoms with Gasteiger partial charge < -0.3 is 19.8 Å². The van der Waals surface area contributed by atoms with E-state index in [0.717, 1.165) is 5.56 Å². The first kappa shape index (κ1) is 14.8. The lowest BCUT2D eigenvalue weighted by molar-refractivity contribution is 0.237. The predicted octanol–water partition coefficient (Wildman–Crippen LogP) is 1.95. The molecule has 1 aromatic heterocycles. The highest BCUT2D eigenvalue weighted by molar-refractivity contribution is 5.73. The average molecular weight is 290 g/mol. The van der Waals surface area contributed by atoms with Crippen LogP contribution in [0.4, 0.5) is 4.79 Å². The third kappa shape index (κ3) is 4.20. The molecule has 0 saturated carbocycles. The number of nitrogens with zero attached hydrogens (tertiary/aromatic N) is 2. The highest BCUT2D eigenvalue weighted by Gasteiger charge is 2.10. The molecular weight excluding hydrogens is 272 g/mol. The molecule has 7 nitrogen and oxygen atoms in total. The quantitative estimate of drug-likeness (QED) is 0.878. The predicted molar refractivity (Wildman–Crippen MR) is 76.8 cm³/mol. The lowest BCUT2D eigenvalue weighted by atomic mass is 10.2. The van der Waals surface area contributed by atoms with Crippen molar-refractivity contribution in [1.29, 1.82) is 0 Å². The molecule has 0 unspecified atom stereocenters. The zero-order valence-electron chi connectivity index (χ0n) is 12.2. The largest absolute Gasteiger partial charge is 0.497 e. The number of hydrogen-bond donors (Lipinski definition) is 2. The lowest BCUT2D eigenvalue weighted by Crippen LogP contribution is -2.39. The number of ether oxygens (including phenoxy) is 1. The van der Waals surface area contributed by atoms with Crippen LogP contribution in [0.15, 0.2) is 28.7 Å². The summed E-state index contributed by atoms with van der Waals surface area (Å²) in [4.78, 5) is 11.5. The first-order valence-electron chi connectivity index (χ1n) is 6.59. The fourth-order valence-electron chi connectivity index (χ4n) is 1.67. The molecule has 2 aromatic rings. The van der Waals surface area contributed by atoms with Crippen LogP contribution >= 0.6 is 0 Å². The summed E-state index contributed by atoms with van der Waals surface area (Å²) in [5, 5.41) is 13.2. The number of carbonyl (C=O) groups excluding carboxylic acids is 1. The highest BCUT2D eigenvalue weighted by atomic mass is 16.5. The maximum atomic E-state index is 11.5. The summed E-state index contributed by atoms with van der Waals surface area (Å²) in [5.74, 6) is 1.43. The smallest absolute Gasteiger partial charge is 0.315 e. The van der Waals surface area contributed by atoms with Gasteiger partial charge in [-0.15, -0.1) is 10.2 Å². The van der Waals surface area contributed by atoms with Crippen LogP contribution in [0, 0.1) is 0 Å². The lowest BCUT2D eigenvalue weighted by Gasteiger charge is -2.08. The van der Waals surface area contributed by atoms with Crippen molar-refractivity contribution >= 4 is 6.03 Å². The minimum absolute atomic E-state index is 0.0695. The van der Waals surface area contributed by atoms with E-state index in [1.54, 1.807) is 13.2 Å². The minimum Gasteiger partial charge on any atom is -0.497 e. The minimum atomic E-state index is -0.272. The SMILES string of the molecule is COc1cccc(-c2nnc(CNC(=O)NC(C)C)o2)c1. The Morgan fingerprint density at radius 2 is 2.19 bits per heavy atom. The Morgan fingerprint density at radius 1 is 1.38 bits per heavy atom. The molecule has 0 bridgehead atoms. The van der Waals surface area contributed by atoms with Crippen LogP contribution in [0.5, 0.6) is 5.75 Å². The second kappa shape index (κ2) is 6.74. The fraction of sp³-hybridized carbons (Fsp3) is 0.357. The van der Waals surface area contributed by atoms with E-state index in [2.05, 4.69) is 20.8 Å². The van der Waals surface area contributed by atoms with E-state index in [1.165, 1.54) is 0 Å². The molecule has 0 aliphatic heterocycles. The molecule has 1 heterocycles. The number of rotatable bonds is 5. The Hall–Kier alpha value is -2.57. The third-order valence-electron chi connectivity index (χ3n) is 2.60. The van der Waals surface area contributed by atoms with Gasteiger partial charge in [0.2, 0.25) is 11.8 Å². The number of nitrogens with one attached hydrogen (secondary N) is 2. The molecule has 0 spiro atoms. The maximum Gasteiger partial charge on any atom is 0.315 e. The van der Waals surface area contributed by atoms with Crippen molar-refractivity contribution in [3.05, 3.63) is 30.2 Å². The second-order valence-electron chi connectivity index (χ2n) is 4.71. The molecule has 112 valence electrons.